The van der Waals surface area contributed by atoms with Crippen LogP contribution in [0.25, 0.3) is 11.3 Å². The van der Waals surface area contributed by atoms with Crippen LogP contribution in [0.3, 0.4) is 0 Å². The molecule has 0 aromatic carbocycles. The first-order chi connectivity index (χ1) is 12.7. The standard InChI is InChI=1S/C20H24N4O3/c1-12-22-15(13-8-14(18(25)26)11-21-10-13)9-16(23-12)17-6-5-7-24(17)19(27)20(2,3)4/h8-11,17H,5-7H2,1-4H3,(H,25,26)/t17-/m1/s1. The second-order valence-electron chi connectivity index (χ2n) is 7.90. The quantitative estimate of drug-likeness (QED) is 0.893. The summed E-state index contributed by atoms with van der Waals surface area (Å²) in [6.45, 7) is 8.28. The summed E-state index contributed by atoms with van der Waals surface area (Å²) in [5.41, 5.74) is 1.67. The van der Waals surface area contributed by atoms with Crippen molar-refractivity contribution in [3.8, 4) is 11.3 Å². The fourth-order valence-electron chi connectivity index (χ4n) is 3.35. The van der Waals surface area contributed by atoms with Crippen LogP contribution in [0.15, 0.2) is 24.5 Å². The Bertz CT molecular complexity index is 889. The molecule has 0 spiro atoms. The van der Waals surface area contributed by atoms with Gasteiger partial charge in [0.15, 0.2) is 0 Å². The molecule has 0 radical (unpaired) electrons. The van der Waals surface area contributed by atoms with E-state index in [9.17, 15) is 14.7 Å². The van der Waals surface area contributed by atoms with Gasteiger partial charge in [-0.25, -0.2) is 14.8 Å². The number of nitrogens with zero attached hydrogens (tertiary/aromatic N) is 4. The lowest BCUT2D eigenvalue weighted by molar-refractivity contribution is -0.140. The van der Waals surface area contributed by atoms with Crippen LogP contribution in [-0.4, -0.2) is 43.4 Å². The Hall–Kier alpha value is -2.83. The number of carboxylic acid groups (broad SMARTS) is 1. The molecule has 142 valence electrons. The average Bonchev–Trinajstić information content (AvgIpc) is 3.09. The molecule has 3 heterocycles. The summed E-state index contributed by atoms with van der Waals surface area (Å²) in [5, 5.41) is 9.19. The molecule has 1 fully saturated rings. The van der Waals surface area contributed by atoms with Gasteiger partial charge in [0.25, 0.3) is 0 Å². The van der Waals surface area contributed by atoms with E-state index in [0.29, 0.717) is 17.1 Å². The maximum atomic E-state index is 12.8. The third-order valence-electron chi connectivity index (χ3n) is 4.64. The van der Waals surface area contributed by atoms with E-state index in [1.807, 2.05) is 31.7 Å². The minimum Gasteiger partial charge on any atom is -0.478 e. The van der Waals surface area contributed by atoms with E-state index in [-0.39, 0.29) is 17.5 Å². The Morgan fingerprint density at radius 1 is 1.19 bits per heavy atom. The van der Waals surface area contributed by atoms with Gasteiger partial charge in [-0.1, -0.05) is 20.8 Å². The van der Waals surface area contributed by atoms with E-state index in [2.05, 4.69) is 15.0 Å². The number of carbonyl (C=O) groups excluding carboxylic acids is 1. The van der Waals surface area contributed by atoms with E-state index < -0.39 is 11.4 Å². The molecule has 0 bridgehead atoms. The van der Waals surface area contributed by atoms with Gasteiger partial charge in [-0.3, -0.25) is 9.78 Å². The molecular weight excluding hydrogens is 344 g/mol. The van der Waals surface area contributed by atoms with Crippen molar-refractivity contribution in [1.29, 1.82) is 0 Å². The Balaban J connectivity index is 2.00. The van der Waals surface area contributed by atoms with E-state index in [4.69, 9.17) is 0 Å². The molecule has 0 saturated carbocycles. The summed E-state index contributed by atoms with van der Waals surface area (Å²) >= 11 is 0. The SMILES string of the molecule is Cc1nc(-c2cncc(C(=O)O)c2)cc([C@H]2CCCN2C(=O)C(C)(C)C)n1. The zero-order valence-corrected chi connectivity index (χ0v) is 16.1. The number of pyridine rings is 1. The lowest BCUT2D eigenvalue weighted by atomic mass is 9.94. The molecule has 27 heavy (non-hydrogen) atoms. The third-order valence-corrected chi connectivity index (χ3v) is 4.64. The highest BCUT2D eigenvalue weighted by Gasteiger charge is 2.36. The maximum absolute atomic E-state index is 12.8. The van der Waals surface area contributed by atoms with E-state index >= 15 is 0 Å². The maximum Gasteiger partial charge on any atom is 0.337 e. The first-order valence-corrected chi connectivity index (χ1v) is 9.02. The minimum absolute atomic E-state index is 0.0900. The normalized spacial score (nSPS) is 17.2. The first-order valence-electron chi connectivity index (χ1n) is 9.02. The Morgan fingerprint density at radius 2 is 1.93 bits per heavy atom. The average molecular weight is 368 g/mol. The van der Waals surface area contributed by atoms with Gasteiger partial charge in [-0.2, -0.15) is 0 Å². The molecule has 3 rings (SSSR count). The van der Waals surface area contributed by atoms with Crippen LogP contribution in [0.5, 0.6) is 0 Å². The topological polar surface area (TPSA) is 96.3 Å². The van der Waals surface area contributed by atoms with Crippen molar-refractivity contribution in [2.45, 2.75) is 46.6 Å². The summed E-state index contributed by atoms with van der Waals surface area (Å²) in [6, 6.07) is 3.30. The molecule has 7 heteroatoms. The number of hydrogen-bond donors (Lipinski definition) is 1. The number of carbonyl (C=O) groups is 2. The fraction of sp³-hybridized carbons (Fsp3) is 0.450. The lowest BCUT2D eigenvalue weighted by Crippen LogP contribution is -2.39. The van der Waals surface area contributed by atoms with Crippen molar-refractivity contribution >= 4 is 11.9 Å². The predicted octanol–water partition coefficient (Wildman–Crippen LogP) is 3.25. The largest absolute Gasteiger partial charge is 0.478 e. The van der Waals surface area contributed by atoms with Crippen LogP contribution >= 0.6 is 0 Å². The summed E-state index contributed by atoms with van der Waals surface area (Å²) in [4.78, 5) is 39.0. The van der Waals surface area contributed by atoms with Crippen molar-refractivity contribution in [1.82, 2.24) is 19.9 Å². The lowest BCUT2D eigenvalue weighted by Gasteiger charge is -2.30. The third kappa shape index (κ3) is 3.97. The molecule has 1 aliphatic rings. The molecule has 7 nitrogen and oxygen atoms in total. The van der Waals surface area contributed by atoms with Crippen LogP contribution < -0.4 is 0 Å². The Labute approximate surface area is 158 Å². The number of likely N-dealkylation sites (tertiary alicyclic amines) is 1. The summed E-state index contributed by atoms with van der Waals surface area (Å²) in [5.74, 6) is -0.344. The summed E-state index contributed by atoms with van der Waals surface area (Å²) in [7, 11) is 0. The van der Waals surface area contributed by atoms with Gasteiger partial charge < -0.3 is 10.0 Å². The number of carboxylic acids is 1. The Morgan fingerprint density at radius 3 is 2.59 bits per heavy atom. The van der Waals surface area contributed by atoms with E-state index in [1.165, 1.54) is 6.20 Å². The molecule has 1 aliphatic heterocycles. The highest BCUT2D eigenvalue weighted by atomic mass is 16.4. The Kier molecular flexibility index (Phi) is 4.95. The number of aromatic carboxylic acids is 1. The van der Waals surface area contributed by atoms with Crippen LogP contribution in [-0.2, 0) is 4.79 Å². The zero-order valence-electron chi connectivity index (χ0n) is 16.1. The molecule has 1 saturated heterocycles. The van der Waals surface area contributed by atoms with Crippen molar-refractivity contribution in [3.63, 3.8) is 0 Å². The second-order valence-corrected chi connectivity index (χ2v) is 7.90. The van der Waals surface area contributed by atoms with Gasteiger partial charge in [0.05, 0.1) is 23.0 Å². The van der Waals surface area contributed by atoms with Crippen molar-refractivity contribution in [3.05, 3.63) is 41.6 Å². The van der Waals surface area contributed by atoms with Crippen molar-refractivity contribution in [2.24, 2.45) is 5.41 Å². The number of aromatic nitrogens is 3. The molecule has 1 atom stereocenters. The van der Waals surface area contributed by atoms with Gasteiger partial charge in [-0.15, -0.1) is 0 Å². The number of aryl methyl sites for hydroxylation is 1. The highest BCUT2D eigenvalue weighted by Crippen LogP contribution is 2.35. The molecule has 1 amide bonds. The first kappa shape index (κ1) is 18.9. The summed E-state index contributed by atoms with van der Waals surface area (Å²) < 4.78 is 0. The molecule has 2 aromatic heterocycles. The minimum atomic E-state index is -1.03. The molecular formula is C20H24N4O3. The van der Waals surface area contributed by atoms with Gasteiger partial charge >= 0.3 is 5.97 Å². The van der Waals surface area contributed by atoms with Crippen LogP contribution in [0, 0.1) is 12.3 Å². The number of rotatable bonds is 3. The fourth-order valence-corrected chi connectivity index (χ4v) is 3.35. The number of hydrogen-bond acceptors (Lipinski definition) is 5. The zero-order chi connectivity index (χ0) is 19.8. The van der Waals surface area contributed by atoms with Crippen LogP contribution in [0.2, 0.25) is 0 Å². The van der Waals surface area contributed by atoms with Gasteiger partial charge in [0, 0.05) is 29.9 Å². The predicted molar refractivity (Wildman–Crippen MR) is 100 cm³/mol. The second kappa shape index (κ2) is 7.06. The molecule has 1 N–H and O–H groups in total. The molecule has 0 unspecified atom stereocenters. The van der Waals surface area contributed by atoms with Crippen molar-refractivity contribution < 1.29 is 14.7 Å². The number of amides is 1. The monoisotopic (exact) mass is 368 g/mol. The highest BCUT2D eigenvalue weighted by molar-refractivity contribution is 5.88. The molecule has 2 aromatic rings. The molecule has 0 aliphatic carbocycles. The van der Waals surface area contributed by atoms with Crippen LogP contribution in [0.4, 0.5) is 0 Å². The van der Waals surface area contributed by atoms with E-state index in [1.54, 1.807) is 19.2 Å². The van der Waals surface area contributed by atoms with Crippen LogP contribution in [0.1, 0.15) is 61.5 Å². The smallest absolute Gasteiger partial charge is 0.337 e. The summed E-state index contributed by atoms with van der Waals surface area (Å²) in [6.07, 6.45) is 4.68. The van der Waals surface area contributed by atoms with Gasteiger partial charge in [-0.05, 0) is 31.9 Å². The van der Waals surface area contributed by atoms with Gasteiger partial charge in [0.2, 0.25) is 5.91 Å². The van der Waals surface area contributed by atoms with Crippen molar-refractivity contribution in [2.75, 3.05) is 6.54 Å². The van der Waals surface area contributed by atoms with Gasteiger partial charge in [0.1, 0.15) is 5.82 Å². The van der Waals surface area contributed by atoms with E-state index in [0.717, 1.165) is 25.1 Å².